The van der Waals surface area contributed by atoms with E-state index < -0.39 is 0 Å². The molecule has 0 spiro atoms. The Morgan fingerprint density at radius 1 is 1.42 bits per heavy atom. The number of carbonyl (C=O) groups is 1. The predicted molar refractivity (Wildman–Crippen MR) is 70.5 cm³/mol. The van der Waals surface area contributed by atoms with Crippen LogP contribution in [0.1, 0.15) is 11.4 Å². The molecule has 6 nitrogen and oxygen atoms in total. The third-order valence-electron chi connectivity index (χ3n) is 2.95. The molecule has 0 saturated carbocycles. The van der Waals surface area contributed by atoms with E-state index in [0.29, 0.717) is 24.2 Å². The fourth-order valence-electron chi connectivity index (χ4n) is 1.88. The maximum Gasteiger partial charge on any atom is 0.313 e. The van der Waals surface area contributed by atoms with Gasteiger partial charge in [-0.15, -0.1) is 0 Å². The molecule has 2 rings (SSSR count). The van der Waals surface area contributed by atoms with Gasteiger partial charge in [-0.3, -0.25) is 4.79 Å². The Kier molecular flexibility index (Phi) is 4.55. The summed E-state index contributed by atoms with van der Waals surface area (Å²) >= 11 is 6.10. The van der Waals surface area contributed by atoms with E-state index in [-0.39, 0.29) is 12.4 Å². The van der Waals surface area contributed by atoms with Gasteiger partial charge in [-0.05, 0) is 6.92 Å². The van der Waals surface area contributed by atoms with Gasteiger partial charge in [0.15, 0.2) is 0 Å². The highest BCUT2D eigenvalue weighted by molar-refractivity contribution is 6.30. The van der Waals surface area contributed by atoms with Gasteiger partial charge in [0.25, 0.3) is 0 Å². The Bertz CT molecular complexity index is 476. The molecule has 0 unspecified atom stereocenters. The summed E-state index contributed by atoms with van der Waals surface area (Å²) in [5, 5.41) is 0.371. The number of ether oxygens (including phenoxy) is 2. The first-order chi connectivity index (χ1) is 9.11. The number of aromatic nitrogens is 2. The fraction of sp³-hybridized carbons (Fsp3) is 0.583. The first-order valence-corrected chi connectivity index (χ1v) is 6.42. The van der Waals surface area contributed by atoms with Gasteiger partial charge in [0, 0.05) is 18.7 Å². The van der Waals surface area contributed by atoms with Crippen molar-refractivity contribution in [1.29, 1.82) is 0 Å². The molecule has 0 radical (unpaired) electrons. The van der Waals surface area contributed by atoms with Crippen molar-refractivity contribution < 1.29 is 14.3 Å². The monoisotopic (exact) mass is 285 g/mol. The summed E-state index contributed by atoms with van der Waals surface area (Å²) in [5.41, 5.74) is 0.817. The van der Waals surface area contributed by atoms with E-state index >= 15 is 0 Å². The van der Waals surface area contributed by atoms with E-state index in [2.05, 4.69) is 19.6 Å². The second-order valence-corrected chi connectivity index (χ2v) is 4.59. The van der Waals surface area contributed by atoms with Crippen LogP contribution in [0.3, 0.4) is 0 Å². The van der Waals surface area contributed by atoms with Crippen LogP contribution in [0.15, 0.2) is 0 Å². The first kappa shape index (κ1) is 14.0. The number of halogens is 1. The number of hydrogen-bond donors (Lipinski definition) is 0. The van der Waals surface area contributed by atoms with Gasteiger partial charge in [-0.1, -0.05) is 11.6 Å². The molecule has 2 heterocycles. The van der Waals surface area contributed by atoms with Crippen molar-refractivity contribution in [2.24, 2.45) is 0 Å². The second kappa shape index (κ2) is 6.16. The van der Waals surface area contributed by atoms with Crippen LogP contribution < -0.4 is 4.90 Å². The molecule has 0 atom stereocenters. The van der Waals surface area contributed by atoms with Crippen LogP contribution in [0.5, 0.6) is 0 Å². The van der Waals surface area contributed by atoms with Crippen LogP contribution >= 0.6 is 11.6 Å². The number of hydrogen-bond acceptors (Lipinski definition) is 6. The summed E-state index contributed by atoms with van der Waals surface area (Å²) < 4.78 is 9.93. The van der Waals surface area contributed by atoms with E-state index in [1.165, 1.54) is 7.11 Å². The lowest BCUT2D eigenvalue weighted by Gasteiger charge is -2.29. The maximum atomic E-state index is 11.3. The smallest absolute Gasteiger partial charge is 0.313 e. The van der Waals surface area contributed by atoms with Gasteiger partial charge in [0.1, 0.15) is 23.2 Å². The molecule has 1 aromatic rings. The average Bonchev–Trinajstić information content (AvgIpc) is 2.43. The number of carbonyl (C=O) groups excluding carboxylic acids is 1. The largest absolute Gasteiger partial charge is 0.469 e. The molecule has 0 amide bonds. The van der Waals surface area contributed by atoms with Gasteiger partial charge in [-0.2, -0.15) is 0 Å². The molecule has 0 bridgehead atoms. The standard InChI is InChI=1S/C12H16ClN3O3/c1-8-11(13)14-9(7-10(17)18-2)15-12(8)16-3-5-19-6-4-16/h3-7H2,1-2H3. The Morgan fingerprint density at radius 3 is 2.74 bits per heavy atom. The third kappa shape index (κ3) is 3.33. The lowest BCUT2D eigenvalue weighted by Crippen LogP contribution is -2.37. The molecule has 7 heteroatoms. The first-order valence-electron chi connectivity index (χ1n) is 6.04. The summed E-state index contributed by atoms with van der Waals surface area (Å²) in [6.45, 7) is 4.70. The topological polar surface area (TPSA) is 64.5 Å². The van der Waals surface area contributed by atoms with Crippen molar-refractivity contribution in [2.45, 2.75) is 13.3 Å². The summed E-state index contributed by atoms with van der Waals surface area (Å²) in [4.78, 5) is 21.9. The van der Waals surface area contributed by atoms with Gasteiger partial charge in [-0.25, -0.2) is 9.97 Å². The molecule has 0 aliphatic carbocycles. The zero-order valence-corrected chi connectivity index (χ0v) is 11.7. The lowest BCUT2D eigenvalue weighted by atomic mass is 10.3. The molecule has 0 aromatic carbocycles. The molecular formula is C12H16ClN3O3. The minimum atomic E-state index is -0.382. The molecular weight excluding hydrogens is 270 g/mol. The Hall–Kier alpha value is -1.40. The summed E-state index contributed by atoms with van der Waals surface area (Å²) in [5.74, 6) is 0.763. The highest BCUT2D eigenvalue weighted by atomic mass is 35.5. The Morgan fingerprint density at radius 2 is 2.11 bits per heavy atom. The quantitative estimate of drug-likeness (QED) is 0.610. The highest BCUT2D eigenvalue weighted by Gasteiger charge is 2.19. The molecule has 1 aromatic heterocycles. The van der Waals surface area contributed by atoms with Crippen LogP contribution in [0, 0.1) is 6.92 Å². The van der Waals surface area contributed by atoms with Crippen molar-refractivity contribution in [2.75, 3.05) is 38.3 Å². The number of anilines is 1. The van der Waals surface area contributed by atoms with Crippen LogP contribution in [-0.2, 0) is 20.7 Å². The van der Waals surface area contributed by atoms with Crippen molar-refractivity contribution in [3.8, 4) is 0 Å². The summed E-state index contributed by atoms with van der Waals surface area (Å²) in [7, 11) is 1.33. The van der Waals surface area contributed by atoms with Gasteiger partial charge in [0.2, 0.25) is 0 Å². The van der Waals surface area contributed by atoms with E-state index in [1.54, 1.807) is 0 Å². The zero-order chi connectivity index (χ0) is 13.8. The molecule has 0 N–H and O–H groups in total. The average molecular weight is 286 g/mol. The minimum Gasteiger partial charge on any atom is -0.469 e. The third-order valence-corrected chi connectivity index (χ3v) is 3.32. The van der Waals surface area contributed by atoms with E-state index in [9.17, 15) is 4.79 Å². The second-order valence-electron chi connectivity index (χ2n) is 4.23. The lowest BCUT2D eigenvalue weighted by molar-refractivity contribution is -0.139. The van der Waals surface area contributed by atoms with Gasteiger partial charge >= 0.3 is 5.97 Å². The normalized spacial score (nSPS) is 15.4. The van der Waals surface area contributed by atoms with E-state index in [4.69, 9.17) is 16.3 Å². The summed E-state index contributed by atoms with van der Waals surface area (Å²) in [6, 6.07) is 0. The predicted octanol–water partition coefficient (Wildman–Crippen LogP) is 0.991. The van der Waals surface area contributed by atoms with Crippen molar-refractivity contribution in [3.05, 3.63) is 16.5 Å². The number of methoxy groups -OCH3 is 1. The minimum absolute atomic E-state index is 0.0217. The van der Waals surface area contributed by atoms with Crippen LogP contribution in [0.2, 0.25) is 5.15 Å². The van der Waals surface area contributed by atoms with Crippen molar-refractivity contribution in [1.82, 2.24) is 9.97 Å². The number of rotatable bonds is 3. The molecule has 19 heavy (non-hydrogen) atoms. The highest BCUT2D eigenvalue weighted by Crippen LogP contribution is 2.24. The maximum absolute atomic E-state index is 11.3. The van der Waals surface area contributed by atoms with Crippen LogP contribution in [-0.4, -0.2) is 49.4 Å². The molecule has 104 valence electrons. The van der Waals surface area contributed by atoms with Crippen LogP contribution in [0.25, 0.3) is 0 Å². The number of esters is 1. The zero-order valence-electron chi connectivity index (χ0n) is 11.0. The van der Waals surface area contributed by atoms with E-state index in [1.807, 2.05) is 6.92 Å². The van der Waals surface area contributed by atoms with Gasteiger partial charge < -0.3 is 14.4 Å². The molecule has 1 saturated heterocycles. The van der Waals surface area contributed by atoms with Crippen molar-refractivity contribution >= 4 is 23.4 Å². The van der Waals surface area contributed by atoms with Crippen LogP contribution in [0.4, 0.5) is 5.82 Å². The number of nitrogens with zero attached hydrogens (tertiary/aromatic N) is 3. The summed E-state index contributed by atoms with van der Waals surface area (Å²) in [6.07, 6.45) is 0.0217. The SMILES string of the molecule is COC(=O)Cc1nc(Cl)c(C)c(N2CCOCC2)n1. The molecule has 1 aliphatic rings. The number of morpholine rings is 1. The Balaban J connectivity index is 2.28. The fourth-order valence-corrected chi connectivity index (χ4v) is 2.07. The van der Waals surface area contributed by atoms with Gasteiger partial charge in [0.05, 0.1) is 20.3 Å². The molecule has 1 aliphatic heterocycles. The molecule has 1 fully saturated rings. The van der Waals surface area contributed by atoms with E-state index in [0.717, 1.165) is 24.5 Å². The Labute approximate surface area is 116 Å². The van der Waals surface area contributed by atoms with Crippen molar-refractivity contribution in [3.63, 3.8) is 0 Å².